The lowest BCUT2D eigenvalue weighted by molar-refractivity contribution is -0.870. The maximum atomic E-state index is 12.6. The molecule has 0 N–H and O–H groups in total. The van der Waals surface area contributed by atoms with Crippen LogP contribution in [0.4, 0.5) is 0 Å². The number of allylic oxidation sites excluding steroid dienone is 8. The van der Waals surface area contributed by atoms with Crippen LogP contribution in [0.25, 0.3) is 0 Å². The summed E-state index contributed by atoms with van der Waals surface area (Å²) >= 11 is 0. The number of carbonyl (C=O) groups excluding carboxylic acids is 2. The number of hydrogen-bond donors (Lipinski definition) is 0. The van der Waals surface area contributed by atoms with Gasteiger partial charge in [-0.2, -0.15) is 0 Å². The third kappa shape index (κ3) is 37.7. The van der Waals surface area contributed by atoms with Crippen molar-refractivity contribution in [3.8, 4) is 0 Å². The number of rotatable bonds is 36. The number of unbranched alkanes of at least 4 members (excludes halogenated alkanes) is 14. The lowest BCUT2D eigenvalue weighted by Gasteiger charge is -2.28. The Balaban J connectivity index is 4.54. The van der Waals surface area contributed by atoms with Gasteiger partial charge >= 0.3 is 11.9 Å². The van der Waals surface area contributed by atoms with E-state index in [1.807, 2.05) is 33.3 Å². The second-order valence-corrected chi connectivity index (χ2v) is 16.1. The van der Waals surface area contributed by atoms with E-state index in [1.165, 1.54) is 83.5 Å². The summed E-state index contributed by atoms with van der Waals surface area (Å²) in [5.74, 6) is -0.931. The number of likely N-dealkylation sites (N-methyl/N-ethyl adjacent to an activating group) is 1. The number of phosphoric ester groups is 1. The van der Waals surface area contributed by atoms with Gasteiger partial charge in [0.2, 0.25) is 0 Å². The Morgan fingerprint density at radius 1 is 0.596 bits per heavy atom. The summed E-state index contributed by atoms with van der Waals surface area (Å²) in [7, 11) is 1.12. The minimum Gasteiger partial charge on any atom is -0.756 e. The van der Waals surface area contributed by atoms with Gasteiger partial charge in [-0.25, -0.2) is 0 Å². The molecule has 0 fully saturated rings. The van der Waals surface area contributed by atoms with Crippen molar-refractivity contribution in [1.82, 2.24) is 0 Å². The molecule has 10 heteroatoms. The number of carbonyl (C=O) groups is 2. The van der Waals surface area contributed by atoms with Gasteiger partial charge in [-0.3, -0.25) is 14.2 Å². The Kier molecular flexibility index (Phi) is 33.4. The predicted octanol–water partition coefficient (Wildman–Crippen LogP) is 10.5. The van der Waals surface area contributed by atoms with Crippen LogP contribution in [0, 0.1) is 0 Å². The van der Waals surface area contributed by atoms with Gasteiger partial charge in [0.1, 0.15) is 19.8 Å². The summed E-state index contributed by atoms with van der Waals surface area (Å²) in [5.41, 5.74) is 0. The van der Waals surface area contributed by atoms with E-state index in [9.17, 15) is 19.0 Å². The molecule has 0 saturated carbocycles. The van der Waals surface area contributed by atoms with Crippen LogP contribution in [-0.4, -0.2) is 70.0 Å². The Morgan fingerprint density at radius 3 is 1.62 bits per heavy atom. The minimum absolute atomic E-state index is 0.0438. The molecule has 52 heavy (non-hydrogen) atoms. The molecule has 0 radical (unpaired) electrons. The molecule has 0 aromatic heterocycles. The number of hydrogen-bond acceptors (Lipinski definition) is 8. The molecule has 0 aromatic carbocycles. The highest BCUT2D eigenvalue weighted by Crippen LogP contribution is 2.38. The van der Waals surface area contributed by atoms with Gasteiger partial charge in [0.25, 0.3) is 7.82 Å². The highest BCUT2D eigenvalue weighted by molar-refractivity contribution is 7.45. The highest BCUT2D eigenvalue weighted by Gasteiger charge is 2.21. The molecule has 0 bridgehead atoms. The van der Waals surface area contributed by atoms with E-state index in [-0.39, 0.29) is 26.1 Å². The van der Waals surface area contributed by atoms with Gasteiger partial charge in [0.05, 0.1) is 27.7 Å². The molecular weight excluding hydrogens is 677 g/mol. The van der Waals surface area contributed by atoms with Gasteiger partial charge in [0, 0.05) is 12.8 Å². The summed E-state index contributed by atoms with van der Waals surface area (Å²) in [5, 5.41) is 0. The highest BCUT2D eigenvalue weighted by atomic mass is 31.2. The van der Waals surface area contributed by atoms with Gasteiger partial charge in [-0.15, -0.1) is 0 Å². The maximum Gasteiger partial charge on any atom is 0.306 e. The second-order valence-electron chi connectivity index (χ2n) is 14.7. The fourth-order valence-electron chi connectivity index (χ4n) is 5.13. The van der Waals surface area contributed by atoms with E-state index in [4.69, 9.17) is 18.5 Å². The molecule has 2 unspecified atom stereocenters. The quantitative estimate of drug-likeness (QED) is 0.0204. The average molecular weight is 754 g/mol. The van der Waals surface area contributed by atoms with E-state index >= 15 is 0 Å². The molecule has 0 amide bonds. The normalized spacial score (nSPS) is 14.2. The Morgan fingerprint density at radius 2 is 1.08 bits per heavy atom. The lowest BCUT2D eigenvalue weighted by atomic mass is 10.1. The summed E-state index contributed by atoms with van der Waals surface area (Å²) in [4.78, 5) is 37.3. The molecule has 0 aliphatic heterocycles. The van der Waals surface area contributed by atoms with Crippen molar-refractivity contribution >= 4 is 19.8 Å². The number of quaternary nitrogens is 1. The third-order valence-corrected chi connectivity index (χ3v) is 9.33. The molecule has 9 nitrogen and oxygen atoms in total. The maximum absolute atomic E-state index is 12.6. The van der Waals surface area contributed by atoms with Crippen molar-refractivity contribution in [2.75, 3.05) is 47.5 Å². The van der Waals surface area contributed by atoms with Gasteiger partial charge in [-0.1, -0.05) is 146 Å². The Bertz CT molecular complexity index is 1030. The van der Waals surface area contributed by atoms with E-state index < -0.39 is 32.5 Å². The Labute approximate surface area is 318 Å². The van der Waals surface area contributed by atoms with Crippen LogP contribution in [0.5, 0.6) is 0 Å². The van der Waals surface area contributed by atoms with E-state index in [0.29, 0.717) is 17.4 Å². The summed E-state index contributed by atoms with van der Waals surface area (Å²) in [6.07, 6.45) is 38.7. The standard InChI is InChI=1S/C42H76NO8P/c1-6-8-10-12-14-16-18-19-20-21-22-23-25-27-29-31-33-35-42(45)51-40(39-50-52(46,47)49-37-36-43(3,4)5)38-48-41(44)34-32-30-28-26-24-17-15-13-11-9-7-2/h16,18,20-21,23,25,29,31,40H,6-15,17,19,22,24,26-28,30,32-39H2,1-5H3/b18-16-,21-20-,25-23-,31-29-. The fourth-order valence-corrected chi connectivity index (χ4v) is 5.86. The monoisotopic (exact) mass is 754 g/mol. The summed E-state index contributed by atoms with van der Waals surface area (Å²) in [6, 6.07) is 0. The first-order chi connectivity index (χ1) is 25.0. The largest absolute Gasteiger partial charge is 0.756 e. The fraction of sp³-hybridized carbons (Fsp3) is 0.762. The molecule has 302 valence electrons. The zero-order valence-corrected chi connectivity index (χ0v) is 34.6. The van der Waals surface area contributed by atoms with Crippen molar-refractivity contribution in [2.24, 2.45) is 0 Å². The first kappa shape index (κ1) is 50.0. The van der Waals surface area contributed by atoms with Crippen LogP contribution in [0.3, 0.4) is 0 Å². The van der Waals surface area contributed by atoms with Gasteiger partial charge in [0.15, 0.2) is 6.10 Å². The third-order valence-electron chi connectivity index (χ3n) is 8.37. The first-order valence-electron chi connectivity index (χ1n) is 20.3. The molecule has 0 heterocycles. The van der Waals surface area contributed by atoms with E-state index in [2.05, 4.69) is 50.3 Å². The summed E-state index contributed by atoms with van der Waals surface area (Å²) in [6.45, 7) is 4.10. The predicted molar refractivity (Wildman–Crippen MR) is 213 cm³/mol. The first-order valence-corrected chi connectivity index (χ1v) is 21.8. The smallest absolute Gasteiger partial charge is 0.306 e. The van der Waals surface area contributed by atoms with Crippen LogP contribution in [0.2, 0.25) is 0 Å². The molecule has 0 spiro atoms. The van der Waals surface area contributed by atoms with Crippen molar-refractivity contribution in [2.45, 2.75) is 161 Å². The van der Waals surface area contributed by atoms with Crippen LogP contribution >= 0.6 is 7.82 Å². The molecule has 0 aliphatic rings. The lowest BCUT2D eigenvalue weighted by Crippen LogP contribution is -2.37. The SMILES string of the molecule is CCCCCC/C=C\C/C=C\C/C=C\C/C=C\CCC(=O)OC(COC(=O)CCCCCCCCCCCCC)COP(=O)([O-])OCC[N+](C)(C)C. The Hall–Kier alpha value is -2.03. The number of phosphoric acid groups is 1. The minimum atomic E-state index is -4.64. The van der Waals surface area contributed by atoms with Crippen molar-refractivity contribution in [1.29, 1.82) is 0 Å². The van der Waals surface area contributed by atoms with Crippen LogP contribution in [-0.2, 0) is 32.7 Å². The zero-order valence-electron chi connectivity index (χ0n) is 33.7. The zero-order chi connectivity index (χ0) is 38.6. The average Bonchev–Trinajstić information content (AvgIpc) is 3.09. The molecule has 0 aliphatic carbocycles. The number of ether oxygens (including phenoxy) is 2. The van der Waals surface area contributed by atoms with Gasteiger partial charge < -0.3 is 27.9 Å². The van der Waals surface area contributed by atoms with Crippen LogP contribution in [0.15, 0.2) is 48.6 Å². The van der Waals surface area contributed by atoms with E-state index in [1.54, 1.807) is 0 Å². The topological polar surface area (TPSA) is 111 Å². The second kappa shape index (κ2) is 34.7. The van der Waals surface area contributed by atoms with Crippen LogP contribution in [0.1, 0.15) is 155 Å². The summed E-state index contributed by atoms with van der Waals surface area (Å²) < 4.78 is 33.7. The van der Waals surface area contributed by atoms with Crippen molar-refractivity contribution < 1.29 is 42.1 Å². The van der Waals surface area contributed by atoms with Gasteiger partial charge in [-0.05, 0) is 44.9 Å². The number of esters is 2. The molecule has 0 aromatic rings. The van der Waals surface area contributed by atoms with Crippen molar-refractivity contribution in [3.63, 3.8) is 0 Å². The van der Waals surface area contributed by atoms with E-state index in [0.717, 1.165) is 38.5 Å². The van der Waals surface area contributed by atoms with Crippen LogP contribution < -0.4 is 4.89 Å². The van der Waals surface area contributed by atoms with Crippen molar-refractivity contribution in [3.05, 3.63) is 48.6 Å². The molecule has 0 rings (SSSR count). The molecular formula is C42H76NO8P. The molecule has 2 atom stereocenters. The molecule has 0 saturated heterocycles. The number of nitrogens with zero attached hydrogens (tertiary/aromatic N) is 1.